The first-order valence-electron chi connectivity index (χ1n) is 12.5. The van der Waals surface area contributed by atoms with Crippen molar-refractivity contribution >= 4 is 43.3 Å². The van der Waals surface area contributed by atoms with Crippen LogP contribution in [-0.2, 0) is 19.2 Å². The third-order valence-electron chi connectivity index (χ3n) is 6.12. The number of rotatable bonds is 7. The van der Waals surface area contributed by atoms with Gasteiger partial charge in [0.15, 0.2) is 5.78 Å². The second kappa shape index (κ2) is 17.7. The molecule has 1 atom stereocenters. The van der Waals surface area contributed by atoms with Crippen LogP contribution in [0.3, 0.4) is 0 Å². The highest BCUT2D eigenvalue weighted by molar-refractivity contribution is 7.59. The van der Waals surface area contributed by atoms with Crippen LogP contribution in [0.25, 0.3) is 0 Å². The molecular weight excluding hydrogens is 496 g/mol. The molecule has 2 fully saturated rings. The normalized spacial score (nSPS) is 17.7. The van der Waals surface area contributed by atoms with Crippen LogP contribution >= 0.6 is 13.5 Å². The van der Waals surface area contributed by atoms with E-state index in [2.05, 4.69) is 10.2 Å². The summed E-state index contributed by atoms with van der Waals surface area (Å²) >= 11 is 0. The number of amides is 2. The lowest BCUT2D eigenvalue weighted by Gasteiger charge is -2.29. The number of carboxylic acids is 1. The van der Waals surface area contributed by atoms with Crippen LogP contribution in [0.5, 0.6) is 5.75 Å². The van der Waals surface area contributed by atoms with Crippen molar-refractivity contribution in [3.8, 4) is 5.75 Å². The Bertz CT molecular complexity index is 912. The van der Waals surface area contributed by atoms with Crippen LogP contribution in [0.2, 0.25) is 0 Å². The summed E-state index contributed by atoms with van der Waals surface area (Å²) in [6.45, 7) is 12.0. The highest BCUT2D eigenvalue weighted by atomic mass is 32.1. The molecule has 2 amide bonds. The molecule has 9 nitrogen and oxygen atoms in total. The number of carbonyl (C=O) groups is 5. The van der Waals surface area contributed by atoms with E-state index in [1.165, 1.54) is 6.92 Å². The molecule has 0 radical (unpaired) electrons. The number of nitrogens with one attached hydrogen (secondary N) is 1. The highest BCUT2D eigenvalue weighted by Crippen LogP contribution is 2.21. The van der Waals surface area contributed by atoms with Gasteiger partial charge in [-0.25, -0.2) is 0 Å². The molecule has 2 saturated heterocycles. The maximum atomic E-state index is 12.1. The molecule has 1 aromatic rings. The number of Topliss-reactive ketones (excluding diaryl/α,β-unsaturated/α-hetero) is 1. The predicted molar refractivity (Wildman–Crippen MR) is 146 cm³/mol. The molecule has 0 aliphatic carbocycles. The molecule has 2 heterocycles. The third-order valence-corrected chi connectivity index (χ3v) is 6.12. The van der Waals surface area contributed by atoms with Gasteiger partial charge in [-0.2, -0.15) is 13.5 Å². The second-order valence-electron chi connectivity index (χ2n) is 9.39. The Morgan fingerprint density at radius 2 is 1.78 bits per heavy atom. The van der Waals surface area contributed by atoms with Gasteiger partial charge in [-0.1, -0.05) is 20.8 Å². The number of ether oxygens (including phenoxy) is 1. The van der Waals surface area contributed by atoms with Crippen molar-refractivity contribution in [2.24, 2.45) is 17.8 Å². The van der Waals surface area contributed by atoms with Crippen molar-refractivity contribution in [2.75, 3.05) is 26.2 Å². The molecule has 10 heteroatoms. The van der Waals surface area contributed by atoms with E-state index in [1.807, 2.05) is 45.9 Å². The van der Waals surface area contributed by atoms with E-state index in [0.717, 1.165) is 42.8 Å². The Morgan fingerprint density at radius 1 is 1.19 bits per heavy atom. The fourth-order valence-electron chi connectivity index (χ4n) is 3.81. The van der Waals surface area contributed by atoms with Gasteiger partial charge in [-0.15, -0.1) is 0 Å². The van der Waals surface area contributed by atoms with E-state index in [1.54, 1.807) is 0 Å². The topological polar surface area (TPSA) is 130 Å². The number of imide groups is 1. The van der Waals surface area contributed by atoms with Crippen LogP contribution in [0.1, 0.15) is 69.3 Å². The van der Waals surface area contributed by atoms with Gasteiger partial charge in [0.25, 0.3) is 0 Å². The van der Waals surface area contributed by atoms with Crippen LogP contribution in [0.4, 0.5) is 0 Å². The zero-order valence-electron chi connectivity index (χ0n) is 22.5. The van der Waals surface area contributed by atoms with E-state index in [0.29, 0.717) is 32.3 Å². The van der Waals surface area contributed by atoms with Crippen molar-refractivity contribution in [1.29, 1.82) is 0 Å². The number of aldehydes is 1. The van der Waals surface area contributed by atoms with Crippen molar-refractivity contribution in [1.82, 2.24) is 10.2 Å². The largest absolute Gasteiger partial charge is 0.492 e. The standard InChI is InChI=1S/C19H27NO4.C6H9NO2.C2H4O.H2S/c1-13(2)18(21)17-5-4-16(12-14(17)3)24-11-10-20-8-6-15(7-9-20)19(22)23;1-4-2-3-5(8)7-6(4)9;1-2-3;/h4-5,12-13,15H,6-11H2,1-3H3,(H,22,23);4H,2-3H2,1H3,(H,7,8,9);2H,1H3;1H2. The molecule has 0 bridgehead atoms. The fraction of sp³-hybridized carbons (Fsp3) is 0.593. The monoisotopic (exact) mass is 538 g/mol. The molecule has 1 aromatic carbocycles. The van der Waals surface area contributed by atoms with E-state index in [9.17, 15) is 19.2 Å². The Labute approximate surface area is 226 Å². The number of piperidine rings is 2. The molecule has 1 unspecified atom stereocenters. The number of benzene rings is 1. The van der Waals surface area contributed by atoms with Crippen LogP contribution < -0.4 is 10.1 Å². The average Bonchev–Trinajstić information content (AvgIpc) is 2.82. The summed E-state index contributed by atoms with van der Waals surface area (Å²) in [6.07, 6.45) is 3.36. The van der Waals surface area contributed by atoms with Crippen LogP contribution in [0.15, 0.2) is 18.2 Å². The number of nitrogens with zero attached hydrogens (tertiary/aromatic N) is 1. The molecule has 208 valence electrons. The molecular formula is C27H42N2O7S. The summed E-state index contributed by atoms with van der Waals surface area (Å²) in [6, 6.07) is 5.59. The minimum absolute atomic E-state index is 0. The molecule has 0 spiro atoms. The number of carboxylic acid groups (broad SMARTS) is 1. The first kappa shape index (κ1) is 34.3. The molecule has 2 N–H and O–H groups in total. The van der Waals surface area contributed by atoms with Crippen LogP contribution in [-0.4, -0.2) is 66.1 Å². The number of aliphatic carboxylic acids is 1. The number of likely N-dealkylation sites (tertiary alicyclic amines) is 1. The number of hydrogen-bond donors (Lipinski definition) is 2. The van der Waals surface area contributed by atoms with Gasteiger partial charge in [-0.3, -0.25) is 29.4 Å². The van der Waals surface area contributed by atoms with Gasteiger partial charge in [0.2, 0.25) is 11.8 Å². The summed E-state index contributed by atoms with van der Waals surface area (Å²) in [5.41, 5.74) is 1.70. The molecule has 2 aliphatic heterocycles. The molecule has 2 aliphatic rings. The zero-order valence-corrected chi connectivity index (χ0v) is 23.5. The van der Waals surface area contributed by atoms with Crippen molar-refractivity contribution in [2.45, 2.75) is 60.3 Å². The molecule has 3 rings (SSSR count). The Morgan fingerprint density at radius 3 is 2.24 bits per heavy atom. The lowest BCUT2D eigenvalue weighted by atomic mass is 9.97. The fourth-order valence-corrected chi connectivity index (χ4v) is 3.81. The van der Waals surface area contributed by atoms with E-state index in [-0.39, 0.29) is 48.8 Å². The zero-order chi connectivity index (χ0) is 27.3. The number of hydrogen-bond acceptors (Lipinski definition) is 7. The molecule has 0 aromatic heterocycles. The number of ketones is 1. The van der Waals surface area contributed by atoms with Gasteiger partial charge in [0.05, 0.1) is 5.92 Å². The van der Waals surface area contributed by atoms with Gasteiger partial charge in [0.1, 0.15) is 18.6 Å². The number of carbonyl (C=O) groups excluding carboxylic acids is 4. The Balaban J connectivity index is 0.000000829. The third kappa shape index (κ3) is 12.4. The minimum atomic E-state index is -0.683. The first-order chi connectivity index (χ1) is 17.0. The van der Waals surface area contributed by atoms with Gasteiger partial charge < -0.3 is 14.6 Å². The van der Waals surface area contributed by atoms with E-state index >= 15 is 0 Å². The SMILES string of the molecule is CC1CCC(=O)NC1=O.CC=O.Cc1cc(OCCN2CCC(C(=O)O)CC2)ccc1C(=O)C(C)C.S. The van der Waals surface area contributed by atoms with Crippen molar-refractivity contribution < 1.29 is 33.8 Å². The van der Waals surface area contributed by atoms with Gasteiger partial charge >= 0.3 is 5.97 Å². The minimum Gasteiger partial charge on any atom is -0.492 e. The predicted octanol–water partition coefficient (Wildman–Crippen LogP) is 3.39. The van der Waals surface area contributed by atoms with E-state index in [4.69, 9.17) is 14.6 Å². The Kier molecular flexibility index (Phi) is 16.4. The summed E-state index contributed by atoms with van der Waals surface area (Å²) < 4.78 is 5.79. The summed E-state index contributed by atoms with van der Waals surface area (Å²) in [5.74, 6) is -0.224. The van der Waals surface area contributed by atoms with Crippen molar-refractivity contribution in [3.63, 3.8) is 0 Å². The average molecular weight is 539 g/mol. The first-order valence-corrected chi connectivity index (χ1v) is 12.5. The second-order valence-corrected chi connectivity index (χ2v) is 9.39. The van der Waals surface area contributed by atoms with E-state index < -0.39 is 5.97 Å². The lowest BCUT2D eigenvalue weighted by molar-refractivity contribution is -0.143. The van der Waals surface area contributed by atoms with Gasteiger partial charge in [0, 0.05) is 30.4 Å². The molecule has 37 heavy (non-hydrogen) atoms. The van der Waals surface area contributed by atoms with Crippen molar-refractivity contribution in [3.05, 3.63) is 29.3 Å². The lowest BCUT2D eigenvalue weighted by Crippen LogP contribution is -2.39. The quantitative estimate of drug-likeness (QED) is 0.307. The Hall–Kier alpha value is -2.72. The van der Waals surface area contributed by atoms with Gasteiger partial charge in [-0.05, 0) is 70.0 Å². The smallest absolute Gasteiger partial charge is 0.306 e. The van der Waals surface area contributed by atoms with Crippen LogP contribution in [0, 0.1) is 24.7 Å². The summed E-state index contributed by atoms with van der Waals surface area (Å²) in [7, 11) is 0. The summed E-state index contributed by atoms with van der Waals surface area (Å²) in [5, 5.41) is 11.3. The highest BCUT2D eigenvalue weighted by Gasteiger charge is 2.24. The summed E-state index contributed by atoms with van der Waals surface area (Å²) in [4.78, 5) is 55.2. The number of aryl methyl sites for hydroxylation is 1. The molecule has 0 saturated carbocycles. The maximum Gasteiger partial charge on any atom is 0.306 e. The maximum absolute atomic E-state index is 12.1.